The van der Waals surface area contributed by atoms with E-state index in [-0.39, 0.29) is 11.3 Å². The van der Waals surface area contributed by atoms with Gasteiger partial charge < -0.3 is 0 Å². The van der Waals surface area contributed by atoms with Crippen molar-refractivity contribution in [1.29, 1.82) is 0 Å². The fraction of sp³-hybridized carbons (Fsp3) is 0.105. The molecule has 0 unspecified atom stereocenters. The lowest BCUT2D eigenvalue weighted by Crippen LogP contribution is -2.54. The summed E-state index contributed by atoms with van der Waals surface area (Å²) in [6, 6.07) is 9.71. The number of alkyl halides is 3. The highest BCUT2D eigenvalue weighted by atomic mass is 19.4. The highest BCUT2D eigenvalue weighted by molar-refractivity contribution is 6.39. The summed E-state index contributed by atoms with van der Waals surface area (Å²) in [6.07, 6.45) is -3.53. The van der Waals surface area contributed by atoms with Gasteiger partial charge in [0, 0.05) is 0 Å². The molecule has 1 heterocycles. The van der Waals surface area contributed by atoms with Gasteiger partial charge in [-0.2, -0.15) is 13.2 Å². The van der Waals surface area contributed by atoms with Crippen LogP contribution < -0.4 is 10.2 Å². The second-order valence-corrected chi connectivity index (χ2v) is 5.92. The minimum absolute atomic E-state index is 0.0153. The highest BCUT2D eigenvalue weighted by Crippen LogP contribution is 2.30. The van der Waals surface area contributed by atoms with Crippen LogP contribution in [0.1, 0.15) is 16.7 Å². The van der Waals surface area contributed by atoms with Crippen molar-refractivity contribution in [2.45, 2.75) is 13.1 Å². The Balaban J connectivity index is 2.01. The first kappa shape index (κ1) is 18.4. The summed E-state index contributed by atoms with van der Waals surface area (Å²) in [5, 5.41) is 2.02. The second-order valence-electron chi connectivity index (χ2n) is 5.92. The van der Waals surface area contributed by atoms with Crippen molar-refractivity contribution in [1.82, 2.24) is 5.32 Å². The summed E-state index contributed by atoms with van der Waals surface area (Å²) >= 11 is 0. The minimum atomic E-state index is -4.56. The SMILES string of the molecule is Cc1ccc(N2C(=O)NC(=O)/C(=C/c3cccc(C(F)(F)F)c3)C2=O)cc1. The average molecular weight is 374 g/mol. The van der Waals surface area contributed by atoms with Crippen LogP contribution in [0.5, 0.6) is 0 Å². The fourth-order valence-electron chi connectivity index (χ4n) is 2.56. The summed E-state index contributed by atoms with van der Waals surface area (Å²) in [5.41, 5.74) is -0.187. The summed E-state index contributed by atoms with van der Waals surface area (Å²) < 4.78 is 38.5. The van der Waals surface area contributed by atoms with E-state index in [0.29, 0.717) is 0 Å². The van der Waals surface area contributed by atoms with Crippen LogP contribution in [0, 0.1) is 6.92 Å². The number of anilines is 1. The Bertz CT molecular complexity index is 963. The molecule has 3 rings (SSSR count). The first-order chi connectivity index (χ1) is 12.7. The summed E-state index contributed by atoms with van der Waals surface area (Å²) in [7, 11) is 0. The minimum Gasteiger partial charge on any atom is -0.273 e. The molecule has 5 nitrogen and oxygen atoms in total. The van der Waals surface area contributed by atoms with E-state index in [4.69, 9.17) is 0 Å². The predicted molar refractivity (Wildman–Crippen MR) is 91.6 cm³/mol. The van der Waals surface area contributed by atoms with Crippen molar-refractivity contribution in [2.24, 2.45) is 0 Å². The molecule has 0 atom stereocenters. The molecule has 1 aliphatic rings. The zero-order valence-corrected chi connectivity index (χ0v) is 14.0. The Labute approximate surface area is 152 Å². The topological polar surface area (TPSA) is 66.5 Å². The van der Waals surface area contributed by atoms with Crippen LogP contribution in [0.2, 0.25) is 0 Å². The molecule has 1 aliphatic heterocycles. The van der Waals surface area contributed by atoms with Crippen LogP contribution in [-0.2, 0) is 15.8 Å². The van der Waals surface area contributed by atoms with Crippen LogP contribution in [0.25, 0.3) is 6.08 Å². The number of nitrogens with zero attached hydrogens (tertiary/aromatic N) is 1. The largest absolute Gasteiger partial charge is 0.416 e. The summed E-state index contributed by atoms with van der Waals surface area (Å²) in [5.74, 6) is -1.88. The third-order valence-electron chi connectivity index (χ3n) is 3.92. The molecule has 0 radical (unpaired) electrons. The van der Waals surface area contributed by atoms with Gasteiger partial charge in [-0.3, -0.25) is 14.9 Å². The number of barbiturate groups is 1. The zero-order chi connectivity index (χ0) is 19.8. The number of carbonyl (C=O) groups is 3. The number of imide groups is 2. The number of amides is 4. The lowest BCUT2D eigenvalue weighted by Gasteiger charge is -2.26. The molecule has 8 heteroatoms. The highest BCUT2D eigenvalue weighted by Gasteiger charge is 2.37. The molecular weight excluding hydrogens is 361 g/mol. The molecule has 0 aromatic heterocycles. The van der Waals surface area contributed by atoms with Crippen LogP contribution in [0.4, 0.5) is 23.7 Å². The molecule has 2 aromatic rings. The number of aryl methyl sites for hydroxylation is 1. The van der Waals surface area contributed by atoms with Crippen molar-refractivity contribution in [3.63, 3.8) is 0 Å². The second kappa shape index (κ2) is 6.71. The molecular formula is C19H13F3N2O3. The molecule has 138 valence electrons. The normalized spacial score (nSPS) is 16.7. The van der Waals surface area contributed by atoms with E-state index in [1.807, 2.05) is 12.2 Å². The summed E-state index contributed by atoms with van der Waals surface area (Å²) in [6.45, 7) is 1.82. The molecule has 0 bridgehead atoms. The van der Waals surface area contributed by atoms with Crippen LogP contribution in [-0.4, -0.2) is 17.8 Å². The zero-order valence-electron chi connectivity index (χ0n) is 14.0. The number of nitrogens with one attached hydrogen (secondary N) is 1. The van der Waals surface area contributed by atoms with Crippen molar-refractivity contribution in [2.75, 3.05) is 4.90 Å². The molecule has 2 aromatic carbocycles. The third kappa shape index (κ3) is 3.74. The number of carbonyl (C=O) groups excluding carboxylic acids is 3. The van der Waals surface area contributed by atoms with Crippen molar-refractivity contribution < 1.29 is 27.6 Å². The summed E-state index contributed by atoms with van der Waals surface area (Å²) in [4.78, 5) is 37.6. The van der Waals surface area contributed by atoms with E-state index in [0.717, 1.165) is 28.7 Å². The van der Waals surface area contributed by atoms with Gasteiger partial charge in [0.1, 0.15) is 5.57 Å². The number of hydrogen-bond acceptors (Lipinski definition) is 3. The Hall–Kier alpha value is -3.42. The maximum Gasteiger partial charge on any atom is 0.416 e. The van der Waals surface area contributed by atoms with Gasteiger partial charge in [-0.15, -0.1) is 0 Å². The lowest BCUT2D eigenvalue weighted by atomic mass is 10.0. The van der Waals surface area contributed by atoms with Crippen molar-refractivity contribution in [3.8, 4) is 0 Å². The Kier molecular flexibility index (Phi) is 4.57. The van der Waals surface area contributed by atoms with Gasteiger partial charge in [-0.05, 0) is 42.8 Å². The smallest absolute Gasteiger partial charge is 0.273 e. The predicted octanol–water partition coefficient (Wildman–Crippen LogP) is 3.68. The van der Waals surface area contributed by atoms with Gasteiger partial charge in [0.15, 0.2) is 0 Å². The number of rotatable bonds is 2. The molecule has 27 heavy (non-hydrogen) atoms. The lowest BCUT2D eigenvalue weighted by molar-refractivity contribution is -0.137. The maximum atomic E-state index is 12.8. The van der Waals surface area contributed by atoms with Crippen LogP contribution in [0.3, 0.4) is 0 Å². The standard InChI is InChI=1S/C19H13F3N2O3/c1-11-5-7-14(8-6-11)24-17(26)15(16(25)23-18(24)27)10-12-3-2-4-13(9-12)19(20,21)22/h2-10H,1H3,(H,23,25,27)/b15-10-. The van der Waals surface area contributed by atoms with E-state index in [1.54, 1.807) is 12.1 Å². The number of benzene rings is 2. The van der Waals surface area contributed by atoms with Crippen molar-refractivity contribution in [3.05, 3.63) is 70.8 Å². The first-order valence-corrected chi connectivity index (χ1v) is 7.82. The van der Waals surface area contributed by atoms with Gasteiger partial charge in [0.25, 0.3) is 11.8 Å². The van der Waals surface area contributed by atoms with Gasteiger partial charge in [0.05, 0.1) is 11.3 Å². The first-order valence-electron chi connectivity index (χ1n) is 7.82. The van der Waals surface area contributed by atoms with E-state index in [1.165, 1.54) is 24.3 Å². The Morgan fingerprint density at radius 2 is 1.67 bits per heavy atom. The fourth-order valence-corrected chi connectivity index (χ4v) is 2.56. The maximum absolute atomic E-state index is 12.8. The van der Waals surface area contributed by atoms with Crippen molar-refractivity contribution >= 4 is 29.6 Å². The number of halogens is 3. The molecule has 1 N–H and O–H groups in total. The Morgan fingerprint density at radius 3 is 2.30 bits per heavy atom. The molecule has 0 spiro atoms. The number of urea groups is 1. The van der Waals surface area contributed by atoms with Gasteiger partial charge in [-0.1, -0.05) is 29.8 Å². The number of hydrogen-bond donors (Lipinski definition) is 1. The van der Waals surface area contributed by atoms with Crippen LogP contribution in [0.15, 0.2) is 54.1 Å². The Morgan fingerprint density at radius 1 is 1.00 bits per heavy atom. The van der Waals surface area contributed by atoms with Gasteiger partial charge in [-0.25, -0.2) is 9.69 Å². The van der Waals surface area contributed by atoms with Crippen LogP contribution >= 0.6 is 0 Å². The van der Waals surface area contributed by atoms with Gasteiger partial charge in [0.2, 0.25) is 0 Å². The molecule has 0 aliphatic carbocycles. The van der Waals surface area contributed by atoms with E-state index in [9.17, 15) is 27.6 Å². The monoisotopic (exact) mass is 374 g/mol. The third-order valence-corrected chi connectivity index (χ3v) is 3.92. The molecule has 4 amide bonds. The van der Waals surface area contributed by atoms with Gasteiger partial charge >= 0.3 is 12.2 Å². The van der Waals surface area contributed by atoms with E-state index < -0.39 is 35.2 Å². The van der Waals surface area contributed by atoms with E-state index in [2.05, 4.69) is 0 Å². The molecule has 1 saturated heterocycles. The quantitative estimate of drug-likeness (QED) is 0.644. The van der Waals surface area contributed by atoms with E-state index >= 15 is 0 Å². The molecule has 0 saturated carbocycles. The molecule has 1 fully saturated rings. The average Bonchev–Trinajstić information content (AvgIpc) is 2.60.